The quantitative estimate of drug-likeness (QED) is 0.366. The van der Waals surface area contributed by atoms with Gasteiger partial charge < -0.3 is 10.1 Å². The number of amides is 1. The third-order valence-electron chi connectivity index (χ3n) is 7.09. The normalized spacial score (nSPS) is 18.0. The number of para-hydroxylation sites is 1. The highest BCUT2D eigenvalue weighted by atomic mass is 16.4. The molecule has 1 saturated carbocycles. The van der Waals surface area contributed by atoms with E-state index in [1.807, 2.05) is 56.3 Å². The van der Waals surface area contributed by atoms with Crippen LogP contribution in [0.1, 0.15) is 56.8 Å². The number of rotatable bonds is 6. The Bertz CT molecular complexity index is 1360. The van der Waals surface area contributed by atoms with Crippen LogP contribution in [0.3, 0.4) is 0 Å². The molecule has 0 spiro atoms. The lowest BCUT2D eigenvalue weighted by atomic mass is 9.82. The number of aromatic carboxylic acids is 1. The summed E-state index contributed by atoms with van der Waals surface area (Å²) in [5.74, 6) is -0.463. The summed E-state index contributed by atoms with van der Waals surface area (Å²) in [5, 5.41) is 15.6. The zero-order valence-electron chi connectivity index (χ0n) is 20.8. The van der Waals surface area contributed by atoms with Crippen LogP contribution in [-0.4, -0.2) is 42.8 Å². The molecule has 186 valence electrons. The number of aromatic amines is 1. The minimum atomic E-state index is -1.12. The average molecular weight is 486 g/mol. The van der Waals surface area contributed by atoms with Crippen LogP contribution < -0.4 is 4.90 Å². The van der Waals surface area contributed by atoms with E-state index in [1.165, 1.54) is 10.9 Å². The molecule has 3 aromatic heterocycles. The first-order chi connectivity index (χ1) is 17.3. The molecule has 0 radical (unpaired) electrons. The molecule has 4 aromatic rings. The summed E-state index contributed by atoms with van der Waals surface area (Å²) in [6.45, 7) is 6.00. The zero-order valence-corrected chi connectivity index (χ0v) is 20.8. The number of carboxylic acids is 1. The number of H-pyrrole nitrogens is 1. The molecule has 8 nitrogen and oxygen atoms in total. The number of carbonyl (C=O) groups is 2. The molecule has 2 N–H and O–H groups in total. The van der Waals surface area contributed by atoms with E-state index in [1.54, 1.807) is 11.1 Å². The van der Waals surface area contributed by atoms with Gasteiger partial charge >= 0.3 is 5.97 Å². The maximum atomic E-state index is 13.5. The van der Waals surface area contributed by atoms with E-state index in [9.17, 15) is 14.7 Å². The van der Waals surface area contributed by atoms with E-state index < -0.39 is 5.97 Å². The molecule has 0 aliphatic heterocycles. The van der Waals surface area contributed by atoms with Crippen LogP contribution in [-0.2, 0) is 4.79 Å². The molecule has 0 unspecified atom stereocenters. The molecule has 0 saturated heterocycles. The van der Waals surface area contributed by atoms with Crippen LogP contribution in [0.5, 0.6) is 0 Å². The standard InChI is InChI=1S/C28H31N5O3/c1-17(2)33(27(34)19-10-8-18(3)9-11-19)26-22(28(35)36)16-32(31-26)21-12-13-24(29-15-21)25-14-20-6-4-5-7-23(20)30-25/h4-7,12-19,30H,8-11H2,1-3H3,(H,35,36). The van der Waals surface area contributed by atoms with E-state index in [4.69, 9.17) is 0 Å². The number of carbonyl (C=O) groups excluding carboxylic acids is 1. The summed E-state index contributed by atoms with van der Waals surface area (Å²) in [5.41, 5.74) is 3.32. The van der Waals surface area contributed by atoms with Gasteiger partial charge in [-0.3, -0.25) is 14.7 Å². The first-order valence-electron chi connectivity index (χ1n) is 12.5. The maximum absolute atomic E-state index is 13.5. The van der Waals surface area contributed by atoms with Crippen LogP contribution in [0, 0.1) is 11.8 Å². The van der Waals surface area contributed by atoms with Crippen LogP contribution in [0.25, 0.3) is 28.0 Å². The van der Waals surface area contributed by atoms with Crippen molar-refractivity contribution in [2.75, 3.05) is 4.90 Å². The van der Waals surface area contributed by atoms with Crippen LogP contribution in [0.2, 0.25) is 0 Å². The second-order valence-corrected chi connectivity index (χ2v) is 10.0. The molecule has 3 heterocycles. The smallest absolute Gasteiger partial charge is 0.341 e. The fourth-order valence-electron chi connectivity index (χ4n) is 5.03. The Morgan fingerprint density at radius 2 is 1.86 bits per heavy atom. The molecule has 36 heavy (non-hydrogen) atoms. The molecule has 5 rings (SSSR count). The maximum Gasteiger partial charge on any atom is 0.341 e. The third-order valence-corrected chi connectivity index (χ3v) is 7.09. The Morgan fingerprint density at radius 3 is 2.50 bits per heavy atom. The zero-order chi connectivity index (χ0) is 25.4. The minimum absolute atomic E-state index is 0.000853. The predicted octanol–water partition coefficient (Wildman–Crippen LogP) is 5.68. The van der Waals surface area contributed by atoms with E-state index in [-0.39, 0.29) is 29.2 Å². The van der Waals surface area contributed by atoms with E-state index in [0.717, 1.165) is 48.0 Å². The molecule has 1 fully saturated rings. The van der Waals surface area contributed by atoms with Crippen LogP contribution in [0.4, 0.5) is 5.82 Å². The van der Waals surface area contributed by atoms with Gasteiger partial charge in [-0.15, -0.1) is 5.10 Å². The summed E-state index contributed by atoms with van der Waals surface area (Å²) in [7, 11) is 0. The largest absolute Gasteiger partial charge is 0.477 e. The molecular weight excluding hydrogens is 454 g/mol. The Kier molecular flexibility index (Phi) is 6.35. The molecule has 8 heteroatoms. The Hall–Kier alpha value is -3.94. The van der Waals surface area contributed by atoms with Crippen molar-refractivity contribution in [3.05, 3.63) is 60.4 Å². The highest BCUT2D eigenvalue weighted by Gasteiger charge is 2.34. The van der Waals surface area contributed by atoms with Gasteiger partial charge in [-0.2, -0.15) is 0 Å². The topological polar surface area (TPSA) is 104 Å². The number of anilines is 1. The van der Waals surface area contributed by atoms with Crippen molar-refractivity contribution >= 4 is 28.6 Å². The van der Waals surface area contributed by atoms with Crippen molar-refractivity contribution in [2.24, 2.45) is 11.8 Å². The van der Waals surface area contributed by atoms with Crippen molar-refractivity contribution < 1.29 is 14.7 Å². The van der Waals surface area contributed by atoms with Crippen molar-refractivity contribution in [1.82, 2.24) is 19.7 Å². The number of benzene rings is 1. The van der Waals surface area contributed by atoms with Gasteiger partial charge in [-0.25, -0.2) is 9.48 Å². The predicted molar refractivity (Wildman–Crippen MR) is 139 cm³/mol. The summed E-state index contributed by atoms with van der Waals surface area (Å²) < 4.78 is 1.49. The van der Waals surface area contributed by atoms with Crippen LogP contribution >= 0.6 is 0 Å². The lowest BCUT2D eigenvalue weighted by Crippen LogP contribution is -2.43. The highest BCUT2D eigenvalue weighted by molar-refractivity contribution is 6.01. The van der Waals surface area contributed by atoms with Gasteiger partial charge in [0.2, 0.25) is 5.91 Å². The number of pyridine rings is 1. The fraction of sp³-hybridized carbons (Fsp3) is 0.357. The summed E-state index contributed by atoms with van der Waals surface area (Å²) in [6.07, 6.45) is 6.79. The number of hydrogen-bond donors (Lipinski definition) is 2. The molecule has 1 aliphatic rings. The van der Waals surface area contributed by atoms with Gasteiger partial charge in [0, 0.05) is 29.1 Å². The minimum Gasteiger partial charge on any atom is -0.477 e. The summed E-state index contributed by atoms with van der Waals surface area (Å²) in [4.78, 5) is 35.2. The second-order valence-electron chi connectivity index (χ2n) is 10.0. The number of aromatic nitrogens is 4. The molecular formula is C28H31N5O3. The van der Waals surface area contributed by atoms with E-state index in [2.05, 4.69) is 22.0 Å². The van der Waals surface area contributed by atoms with Crippen molar-refractivity contribution in [3.63, 3.8) is 0 Å². The van der Waals surface area contributed by atoms with Crippen molar-refractivity contribution in [1.29, 1.82) is 0 Å². The van der Waals surface area contributed by atoms with Gasteiger partial charge in [0.15, 0.2) is 5.82 Å². The monoisotopic (exact) mass is 485 g/mol. The molecule has 0 atom stereocenters. The average Bonchev–Trinajstić information content (AvgIpc) is 3.49. The highest BCUT2D eigenvalue weighted by Crippen LogP contribution is 2.33. The number of carboxylic acid groups (broad SMARTS) is 1. The first-order valence-corrected chi connectivity index (χ1v) is 12.5. The lowest BCUT2D eigenvalue weighted by Gasteiger charge is -2.32. The van der Waals surface area contributed by atoms with Gasteiger partial charge in [0.05, 0.1) is 23.3 Å². The SMILES string of the molecule is CC1CCC(C(=O)N(c2nn(-c3ccc(-c4cc5ccccc5[nH]4)nc3)cc2C(=O)O)C(C)C)CC1. The molecule has 0 bridgehead atoms. The lowest BCUT2D eigenvalue weighted by molar-refractivity contribution is -0.124. The number of nitrogens with one attached hydrogen (secondary N) is 1. The fourth-order valence-corrected chi connectivity index (χ4v) is 5.03. The summed E-state index contributed by atoms with van der Waals surface area (Å²) >= 11 is 0. The second kappa shape index (κ2) is 9.60. The Morgan fingerprint density at radius 1 is 1.11 bits per heavy atom. The summed E-state index contributed by atoms with van der Waals surface area (Å²) in [6, 6.07) is 13.6. The number of hydrogen-bond acceptors (Lipinski definition) is 4. The molecule has 1 aliphatic carbocycles. The van der Waals surface area contributed by atoms with Gasteiger partial charge in [-0.05, 0) is 69.7 Å². The van der Waals surface area contributed by atoms with Gasteiger partial charge in [0.25, 0.3) is 0 Å². The van der Waals surface area contributed by atoms with Crippen LogP contribution in [0.15, 0.2) is 54.9 Å². The third kappa shape index (κ3) is 4.51. The van der Waals surface area contributed by atoms with Crippen molar-refractivity contribution in [2.45, 2.75) is 52.5 Å². The molecule has 1 amide bonds. The van der Waals surface area contributed by atoms with Gasteiger partial charge in [-0.1, -0.05) is 25.1 Å². The first kappa shape index (κ1) is 23.8. The Balaban J connectivity index is 1.46. The number of nitrogens with zero attached hydrogens (tertiary/aromatic N) is 4. The molecule has 1 aromatic carbocycles. The Labute approximate surface area is 210 Å². The number of fused-ring (bicyclic) bond motifs is 1. The van der Waals surface area contributed by atoms with Gasteiger partial charge in [0.1, 0.15) is 5.56 Å². The van der Waals surface area contributed by atoms with E-state index >= 15 is 0 Å². The van der Waals surface area contributed by atoms with Crippen molar-refractivity contribution in [3.8, 4) is 17.1 Å². The van der Waals surface area contributed by atoms with E-state index in [0.29, 0.717) is 11.6 Å².